The molecule has 0 bridgehead atoms. The van der Waals surface area contributed by atoms with E-state index in [1.54, 1.807) is 0 Å². The normalized spacial score (nSPS) is 13.6. The third kappa shape index (κ3) is 11.3. The summed E-state index contributed by atoms with van der Waals surface area (Å²) < 4.78 is 5.74. The van der Waals surface area contributed by atoms with E-state index in [1.807, 2.05) is 62.4 Å². The number of aliphatic imine (C=N–C) groups is 1. The fourth-order valence-electron chi connectivity index (χ4n) is 10.1. The average Bonchev–Trinajstić information content (AvgIpc) is 3.70. The Balaban J connectivity index is 0.000000164. The Morgan fingerprint density at radius 3 is 1.80 bits per heavy atom. The molecule has 360 valence electrons. The van der Waals surface area contributed by atoms with Gasteiger partial charge in [0.05, 0.1) is 18.1 Å². The lowest BCUT2D eigenvalue weighted by atomic mass is 9.55. The molecule has 8 aromatic carbocycles. The Morgan fingerprint density at radius 2 is 1.23 bits per heavy atom. The van der Waals surface area contributed by atoms with Gasteiger partial charge in [-0.05, 0) is 122 Å². The first kappa shape index (κ1) is 51.4. The summed E-state index contributed by atoms with van der Waals surface area (Å²) in [6.45, 7) is 19.4. The van der Waals surface area contributed by atoms with Gasteiger partial charge >= 0.3 is 0 Å². The van der Waals surface area contributed by atoms with Crippen molar-refractivity contribution >= 4 is 17.5 Å². The van der Waals surface area contributed by atoms with Gasteiger partial charge in [0.1, 0.15) is 11.5 Å². The van der Waals surface area contributed by atoms with Crippen LogP contribution < -0.4 is 21.9 Å². The zero-order chi connectivity index (χ0) is 50.4. The molecule has 0 heterocycles. The number of nitrogens with zero attached hydrogens (tertiary/aromatic N) is 1. The molecule has 11 rings (SSSR count). The number of allylic oxidation sites excluding steroid dienone is 3. The van der Waals surface area contributed by atoms with E-state index in [2.05, 4.69) is 197 Å². The van der Waals surface area contributed by atoms with Crippen LogP contribution in [0.5, 0.6) is 5.75 Å². The number of para-hydroxylation sites is 1. The van der Waals surface area contributed by atoms with Crippen molar-refractivity contribution in [3.05, 3.63) is 280 Å². The summed E-state index contributed by atoms with van der Waals surface area (Å²) in [6, 6.07) is 65.8. The van der Waals surface area contributed by atoms with E-state index >= 15 is 0 Å². The fraction of sp³-hybridized carbons (Fsp3) is 0.197. The molecule has 0 amide bonds. The first-order chi connectivity index (χ1) is 34.6. The molecule has 0 saturated heterocycles. The van der Waals surface area contributed by atoms with Gasteiger partial charge in [-0.3, -0.25) is 4.99 Å². The Bertz CT molecular complexity index is 3080. The minimum absolute atomic E-state index is 0.105. The first-order valence-electron chi connectivity index (χ1n) is 24.9. The molecule has 0 unspecified atom stereocenters. The Kier molecular flexibility index (Phi) is 17.3. The van der Waals surface area contributed by atoms with Crippen LogP contribution >= 0.6 is 0 Å². The van der Waals surface area contributed by atoms with E-state index in [-0.39, 0.29) is 5.41 Å². The molecule has 1 spiro atoms. The number of benzene rings is 8. The third-order valence-corrected chi connectivity index (χ3v) is 13.4. The number of aryl methyl sites for hydroxylation is 1. The van der Waals surface area contributed by atoms with Gasteiger partial charge in [0, 0.05) is 18.4 Å². The minimum atomic E-state index is -0.523. The van der Waals surface area contributed by atoms with Gasteiger partial charge in [0.15, 0.2) is 0 Å². The predicted molar refractivity (Wildman–Crippen MR) is 302 cm³/mol. The molecule has 0 radical (unpaired) electrons. The van der Waals surface area contributed by atoms with Gasteiger partial charge in [-0.2, -0.15) is 0 Å². The monoisotopic (exact) mass is 935 g/mol. The van der Waals surface area contributed by atoms with Crippen LogP contribution in [0.25, 0.3) is 21.9 Å². The van der Waals surface area contributed by atoms with Gasteiger partial charge in [-0.15, -0.1) is 0 Å². The van der Waals surface area contributed by atoms with Gasteiger partial charge in [-0.1, -0.05) is 228 Å². The number of nitrogens with two attached hydrogens (primary N) is 3. The highest BCUT2D eigenvalue weighted by molar-refractivity contribution is 5.90. The van der Waals surface area contributed by atoms with Crippen LogP contribution in [-0.4, -0.2) is 13.3 Å². The number of fused-ring (bicyclic) bond motifs is 10. The second-order valence-electron chi connectivity index (χ2n) is 18.4. The first-order valence-corrected chi connectivity index (χ1v) is 24.9. The SMILES string of the molecule is C=C(Cc1ccc2ccccc2c1)Oc1ccccc1.C=NCC1=CCCC=C1.CC.CC1(C)c2ccccc2C2(c3ccc(C(N)N)cc3-c3c(CN)cccc32)c2ccccc21.Cc1ccccc1. The largest absolute Gasteiger partial charge is 0.462 e. The zero-order valence-corrected chi connectivity index (χ0v) is 42.2. The molecule has 71 heavy (non-hydrogen) atoms. The number of rotatable bonds is 8. The highest BCUT2D eigenvalue weighted by Gasteiger charge is 2.53. The van der Waals surface area contributed by atoms with Crippen LogP contribution in [0.1, 0.15) is 102 Å². The molecule has 8 aromatic rings. The van der Waals surface area contributed by atoms with Crippen molar-refractivity contribution in [3.8, 4) is 16.9 Å². The van der Waals surface area contributed by atoms with Crippen LogP contribution in [0, 0.1) is 6.92 Å². The molecule has 6 N–H and O–H groups in total. The highest BCUT2D eigenvalue weighted by atomic mass is 16.5. The van der Waals surface area contributed by atoms with Crippen molar-refractivity contribution in [1.82, 2.24) is 0 Å². The second-order valence-corrected chi connectivity index (χ2v) is 18.4. The Labute approximate surface area is 423 Å². The van der Waals surface area contributed by atoms with Crippen molar-refractivity contribution in [2.24, 2.45) is 22.2 Å². The van der Waals surface area contributed by atoms with Crippen molar-refractivity contribution in [1.29, 1.82) is 0 Å². The summed E-state index contributed by atoms with van der Waals surface area (Å²) in [5, 5.41) is 2.50. The van der Waals surface area contributed by atoms with Crippen molar-refractivity contribution < 1.29 is 4.74 Å². The molecule has 5 heteroatoms. The number of hydrogen-bond donors (Lipinski definition) is 3. The van der Waals surface area contributed by atoms with E-state index in [9.17, 15) is 0 Å². The minimum Gasteiger partial charge on any atom is -0.462 e. The van der Waals surface area contributed by atoms with Crippen molar-refractivity contribution in [2.45, 2.75) is 77.4 Å². The highest BCUT2D eigenvalue weighted by Crippen LogP contribution is 2.62. The molecule has 3 aliphatic carbocycles. The molecule has 0 fully saturated rings. The molecule has 0 aliphatic heterocycles. The third-order valence-electron chi connectivity index (χ3n) is 13.4. The number of ether oxygens (including phenoxy) is 1. The lowest BCUT2D eigenvalue weighted by molar-refractivity contribution is 0.416. The lowest BCUT2D eigenvalue weighted by Gasteiger charge is -2.46. The summed E-state index contributed by atoms with van der Waals surface area (Å²) >= 11 is 0. The Hall–Kier alpha value is -7.41. The van der Waals surface area contributed by atoms with Crippen molar-refractivity contribution in [3.63, 3.8) is 0 Å². The van der Waals surface area contributed by atoms with E-state index < -0.39 is 11.6 Å². The van der Waals surface area contributed by atoms with Crippen LogP contribution in [0.4, 0.5) is 0 Å². The standard InChI is InChI=1S/C30H29N3.C19H16O.C8H11N.C7H8.C2H6/c1-29(2)22-9-3-5-11-24(22)30(25-12-6-4-10-23(25)29)21-15-14-18(28(32)33)16-20(21)27-19(17-31)8-7-13-26(27)30;1-15(20-19-9-3-2-4-10-19)13-16-11-12-17-7-5-6-8-18(17)14-16;1-9-7-8-5-3-2-4-6-8;1-7-5-3-2-4-6-7;1-2/h3-16,28H,17,31-33H2,1-2H3;2-12,14H,1,13H2;3,5-6H,1-2,4,7H2;2-6H,1H3;1-2H3. The summed E-state index contributed by atoms with van der Waals surface area (Å²) in [7, 11) is 0. The maximum Gasteiger partial charge on any atom is 0.126 e. The van der Waals surface area contributed by atoms with Gasteiger partial charge in [-0.25, -0.2) is 0 Å². The molecule has 3 aliphatic rings. The molecular formula is C66H70N4O. The summed E-state index contributed by atoms with van der Waals surface area (Å²) in [6.07, 6.45) is 9.07. The number of hydrogen-bond acceptors (Lipinski definition) is 5. The van der Waals surface area contributed by atoms with Gasteiger partial charge < -0.3 is 21.9 Å². The van der Waals surface area contributed by atoms with E-state index in [4.69, 9.17) is 21.9 Å². The zero-order valence-electron chi connectivity index (χ0n) is 42.2. The van der Waals surface area contributed by atoms with Crippen LogP contribution in [0.3, 0.4) is 0 Å². The maximum absolute atomic E-state index is 6.28. The second kappa shape index (κ2) is 23.9. The molecule has 0 saturated carbocycles. The van der Waals surface area contributed by atoms with Crippen LogP contribution in [0.15, 0.2) is 229 Å². The molecule has 0 aromatic heterocycles. The van der Waals surface area contributed by atoms with Crippen molar-refractivity contribution in [2.75, 3.05) is 6.54 Å². The molecular weight excluding hydrogens is 865 g/mol. The van der Waals surface area contributed by atoms with Crippen LogP contribution in [0.2, 0.25) is 0 Å². The van der Waals surface area contributed by atoms with Crippen LogP contribution in [-0.2, 0) is 23.8 Å². The maximum atomic E-state index is 6.28. The smallest absolute Gasteiger partial charge is 0.126 e. The summed E-state index contributed by atoms with van der Waals surface area (Å²) in [5.41, 5.74) is 34.3. The lowest BCUT2D eigenvalue weighted by Crippen LogP contribution is -2.40. The van der Waals surface area contributed by atoms with E-state index in [0.717, 1.165) is 35.6 Å². The molecule has 0 atom stereocenters. The topological polar surface area (TPSA) is 99.6 Å². The van der Waals surface area contributed by atoms with Gasteiger partial charge in [0.2, 0.25) is 0 Å². The van der Waals surface area contributed by atoms with Gasteiger partial charge in [0.25, 0.3) is 0 Å². The summed E-state index contributed by atoms with van der Waals surface area (Å²) in [5.74, 6) is 1.59. The quantitative estimate of drug-likeness (QED) is 0.0803. The predicted octanol–water partition coefficient (Wildman–Crippen LogP) is 15.0. The Morgan fingerprint density at radius 1 is 0.634 bits per heavy atom. The van der Waals surface area contributed by atoms with E-state index in [1.165, 1.54) is 84.8 Å². The fourth-order valence-corrected chi connectivity index (χ4v) is 10.1. The van der Waals surface area contributed by atoms with E-state index in [0.29, 0.717) is 6.54 Å². The average molecular weight is 935 g/mol. The molecule has 5 nitrogen and oxygen atoms in total. The summed E-state index contributed by atoms with van der Waals surface area (Å²) in [4.78, 5) is 3.79.